The molecular formula is C26H25FN8O. The van der Waals surface area contributed by atoms with Crippen LogP contribution in [0.25, 0.3) is 22.3 Å². The van der Waals surface area contributed by atoms with Crippen LogP contribution >= 0.6 is 0 Å². The number of carbonyl (C=O) groups is 1. The molecule has 1 aliphatic carbocycles. The molecule has 36 heavy (non-hydrogen) atoms. The number of nitriles is 1. The van der Waals surface area contributed by atoms with E-state index in [-0.39, 0.29) is 12.3 Å². The van der Waals surface area contributed by atoms with Gasteiger partial charge in [-0.05, 0) is 36.6 Å². The first-order valence-electron chi connectivity index (χ1n) is 12.1. The molecule has 1 saturated carbocycles. The van der Waals surface area contributed by atoms with Gasteiger partial charge in [0, 0.05) is 48.5 Å². The van der Waals surface area contributed by atoms with Gasteiger partial charge in [0.1, 0.15) is 23.3 Å². The second-order valence-electron chi connectivity index (χ2n) is 9.71. The number of fused-ring (bicyclic) bond motifs is 1. The van der Waals surface area contributed by atoms with Crippen LogP contribution in [0.2, 0.25) is 0 Å². The van der Waals surface area contributed by atoms with E-state index in [1.807, 2.05) is 23.4 Å². The molecule has 2 aliphatic rings. The minimum atomic E-state index is -0.581. The smallest absolute Gasteiger partial charge is 0.251 e. The normalized spacial score (nSPS) is 16.5. The number of hydrogen-bond donors (Lipinski definition) is 2. The van der Waals surface area contributed by atoms with Gasteiger partial charge in [-0.1, -0.05) is 12.8 Å². The standard InChI is InChI=1S/C26H25FN8O/c27-21-11-18(25(36)30-9-5-17-1-2-17)3-4-22(21)34-14-26(15-34,7-8-28)35-13-19(12-33-35)23-20-6-10-29-24(20)32-16-31-23/h3-4,6,10-13,16-17H,1-2,5,7,9,14-15H2,(H,30,36)(H,29,31,32). The Kier molecular flexibility index (Phi) is 5.40. The first-order chi connectivity index (χ1) is 17.6. The number of hydrogen-bond acceptors (Lipinski definition) is 6. The first-order valence-corrected chi connectivity index (χ1v) is 12.1. The topological polar surface area (TPSA) is 116 Å². The molecule has 6 rings (SSSR count). The van der Waals surface area contributed by atoms with E-state index >= 15 is 0 Å². The summed E-state index contributed by atoms with van der Waals surface area (Å²) in [6.07, 6.45) is 10.6. The average Bonchev–Trinajstić information content (AvgIpc) is 3.33. The highest BCUT2D eigenvalue weighted by Crippen LogP contribution is 2.38. The predicted octanol–water partition coefficient (Wildman–Crippen LogP) is 3.62. The quantitative estimate of drug-likeness (QED) is 0.395. The average molecular weight is 485 g/mol. The zero-order valence-corrected chi connectivity index (χ0v) is 19.6. The van der Waals surface area contributed by atoms with Gasteiger partial charge >= 0.3 is 0 Å². The molecule has 0 unspecified atom stereocenters. The summed E-state index contributed by atoms with van der Waals surface area (Å²) in [4.78, 5) is 26.0. The summed E-state index contributed by atoms with van der Waals surface area (Å²) in [5, 5.41) is 17.8. The number of H-pyrrole nitrogens is 1. The van der Waals surface area contributed by atoms with Crippen LogP contribution in [-0.2, 0) is 5.54 Å². The fourth-order valence-corrected chi connectivity index (χ4v) is 4.93. The van der Waals surface area contributed by atoms with Crippen LogP contribution in [0.15, 0.2) is 49.2 Å². The number of benzene rings is 1. The lowest BCUT2D eigenvalue weighted by molar-refractivity contribution is 0.0952. The minimum absolute atomic E-state index is 0.233. The number of rotatable bonds is 8. The van der Waals surface area contributed by atoms with Crippen molar-refractivity contribution in [2.24, 2.45) is 5.92 Å². The third-order valence-corrected chi connectivity index (χ3v) is 7.16. The molecule has 2 fully saturated rings. The fourth-order valence-electron chi connectivity index (χ4n) is 4.93. The second-order valence-corrected chi connectivity index (χ2v) is 9.71. The molecule has 0 radical (unpaired) electrons. The zero-order valence-electron chi connectivity index (χ0n) is 19.6. The van der Waals surface area contributed by atoms with Crippen molar-refractivity contribution in [2.45, 2.75) is 31.2 Å². The van der Waals surface area contributed by atoms with Crippen LogP contribution in [0.5, 0.6) is 0 Å². The van der Waals surface area contributed by atoms with E-state index in [0.29, 0.717) is 30.9 Å². The van der Waals surface area contributed by atoms with Gasteiger partial charge in [-0.25, -0.2) is 14.4 Å². The maximum Gasteiger partial charge on any atom is 0.251 e. The second kappa shape index (κ2) is 8.75. The van der Waals surface area contributed by atoms with Crippen LogP contribution in [0.3, 0.4) is 0 Å². The number of nitrogens with zero attached hydrogens (tertiary/aromatic N) is 6. The summed E-state index contributed by atoms with van der Waals surface area (Å²) >= 11 is 0. The van der Waals surface area contributed by atoms with Crippen molar-refractivity contribution in [3.63, 3.8) is 0 Å². The highest BCUT2D eigenvalue weighted by molar-refractivity contribution is 5.94. The zero-order chi connectivity index (χ0) is 24.7. The number of nitrogens with one attached hydrogen (secondary N) is 2. The summed E-state index contributed by atoms with van der Waals surface area (Å²) in [7, 11) is 0. The molecule has 10 heteroatoms. The lowest BCUT2D eigenvalue weighted by Gasteiger charge is -2.50. The van der Waals surface area contributed by atoms with Crippen molar-refractivity contribution < 1.29 is 9.18 Å². The molecule has 1 aliphatic heterocycles. The SMILES string of the molecule is N#CCC1(n2cc(-c3ncnc4[nH]ccc34)cn2)CN(c2ccc(C(=O)NCCC3CC3)cc2F)C1. The van der Waals surface area contributed by atoms with Gasteiger partial charge in [-0.15, -0.1) is 0 Å². The number of aromatic nitrogens is 5. The van der Waals surface area contributed by atoms with Crippen molar-refractivity contribution in [1.82, 2.24) is 30.0 Å². The monoisotopic (exact) mass is 484 g/mol. The van der Waals surface area contributed by atoms with Gasteiger partial charge in [-0.2, -0.15) is 10.4 Å². The fraction of sp³-hybridized carbons (Fsp3) is 0.346. The summed E-state index contributed by atoms with van der Waals surface area (Å²) in [5.41, 5.74) is 2.46. The third kappa shape index (κ3) is 3.96. The van der Waals surface area contributed by atoms with E-state index < -0.39 is 11.4 Å². The molecule has 1 aromatic carbocycles. The summed E-state index contributed by atoms with van der Waals surface area (Å²) in [6, 6.07) is 8.75. The van der Waals surface area contributed by atoms with E-state index in [2.05, 4.69) is 31.4 Å². The summed E-state index contributed by atoms with van der Waals surface area (Å²) in [6.45, 7) is 1.47. The highest BCUT2D eigenvalue weighted by atomic mass is 19.1. The molecule has 182 valence electrons. The Hall–Kier alpha value is -4.26. The molecule has 0 spiro atoms. The molecule has 0 bridgehead atoms. The van der Waals surface area contributed by atoms with Crippen LogP contribution in [0, 0.1) is 23.1 Å². The van der Waals surface area contributed by atoms with E-state index in [0.717, 1.165) is 34.6 Å². The van der Waals surface area contributed by atoms with Crippen LogP contribution in [-0.4, -0.2) is 50.3 Å². The molecule has 3 aromatic heterocycles. The molecule has 4 heterocycles. The number of aromatic amines is 1. The molecule has 0 atom stereocenters. The Morgan fingerprint density at radius 2 is 2.14 bits per heavy atom. The van der Waals surface area contributed by atoms with E-state index in [9.17, 15) is 14.4 Å². The maximum absolute atomic E-state index is 15.0. The van der Waals surface area contributed by atoms with Gasteiger partial charge in [0.05, 0.1) is 30.1 Å². The lowest BCUT2D eigenvalue weighted by atomic mass is 9.86. The van der Waals surface area contributed by atoms with Crippen molar-refractivity contribution in [1.29, 1.82) is 5.26 Å². The maximum atomic E-state index is 15.0. The first kappa shape index (κ1) is 22.2. The Bertz CT molecular complexity index is 1470. The number of carbonyl (C=O) groups excluding carboxylic acids is 1. The largest absolute Gasteiger partial charge is 0.364 e. The Morgan fingerprint density at radius 1 is 1.28 bits per heavy atom. The van der Waals surface area contributed by atoms with E-state index in [1.165, 1.54) is 25.2 Å². The van der Waals surface area contributed by atoms with Gasteiger partial charge < -0.3 is 15.2 Å². The predicted molar refractivity (Wildman–Crippen MR) is 132 cm³/mol. The highest BCUT2D eigenvalue weighted by Gasteiger charge is 2.46. The van der Waals surface area contributed by atoms with Gasteiger partial charge in [-0.3, -0.25) is 9.48 Å². The van der Waals surface area contributed by atoms with Gasteiger partial charge in [0.15, 0.2) is 0 Å². The molecular weight excluding hydrogens is 459 g/mol. The van der Waals surface area contributed by atoms with Gasteiger partial charge in [0.25, 0.3) is 5.91 Å². The molecule has 1 amide bonds. The van der Waals surface area contributed by atoms with E-state index in [4.69, 9.17) is 0 Å². The molecule has 1 saturated heterocycles. The Morgan fingerprint density at radius 3 is 2.92 bits per heavy atom. The van der Waals surface area contributed by atoms with E-state index in [1.54, 1.807) is 23.0 Å². The third-order valence-electron chi connectivity index (χ3n) is 7.16. The van der Waals surface area contributed by atoms with Crippen LogP contribution in [0.1, 0.15) is 36.0 Å². The minimum Gasteiger partial charge on any atom is -0.364 e. The van der Waals surface area contributed by atoms with Crippen LogP contribution in [0.4, 0.5) is 10.1 Å². The molecule has 4 aromatic rings. The number of amides is 1. The van der Waals surface area contributed by atoms with Crippen molar-refractivity contribution >= 4 is 22.6 Å². The van der Waals surface area contributed by atoms with Crippen molar-refractivity contribution in [3.05, 3.63) is 60.6 Å². The molecule has 9 nitrogen and oxygen atoms in total. The van der Waals surface area contributed by atoms with Crippen molar-refractivity contribution in [2.75, 3.05) is 24.5 Å². The van der Waals surface area contributed by atoms with Crippen LogP contribution < -0.4 is 10.2 Å². The number of anilines is 1. The lowest BCUT2D eigenvalue weighted by Crippen LogP contribution is -2.63. The Balaban J connectivity index is 1.18. The summed E-state index contributed by atoms with van der Waals surface area (Å²) in [5.74, 6) is 0.0206. The van der Waals surface area contributed by atoms with Gasteiger partial charge in [0.2, 0.25) is 0 Å². The summed E-state index contributed by atoms with van der Waals surface area (Å²) < 4.78 is 16.8. The Labute approximate surface area is 207 Å². The van der Waals surface area contributed by atoms with Crippen molar-refractivity contribution in [3.8, 4) is 17.3 Å². The molecule has 2 N–H and O–H groups in total. The number of halogens is 1.